The lowest BCUT2D eigenvalue weighted by Crippen LogP contribution is -2.01. The number of benzene rings is 1. The molecular weight excluding hydrogens is 308 g/mol. The maximum Gasteiger partial charge on any atom is 0.123 e. The van der Waals surface area contributed by atoms with Gasteiger partial charge < -0.3 is 4.74 Å². The van der Waals surface area contributed by atoms with Crippen LogP contribution in [0.5, 0.6) is 5.75 Å². The minimum atomic E-state index is 0.329. The number of methoxy groups -OCH3 is 1. The maximum atomic E-state index is 5.32. The summed E-state index contributed by atoms with van der Waals surface area (Å²) in [5.74, 6) is 1.47. The topological polar surface area (TPSA) is 9.23 Å². The number of halogens is 2. The van der Waals surface area contributed by atoms with Crippen LogP contribution in [0.1, 0.15) is 24.2 Å². The normalized spacial score (nSPS) is 13.0. The molecule has 1 nitrogen and oxygen atoms in total. The van der Waals surface area contributed by atoms with Crippen LogP contribution in [0.2, 0.25) is 0 Å². The molecule has 3 heteroatoms. The highest BCUT2D eigenvalue weighted by atomic mass is 79.9. The number of hydrogen-bond acceptors (Lipinski definition) is 1. The molecule has 0 aliphatic carbocycles. The quantitative estimate of drug-likeness (QED) is 0.742. The third kappa shape index (κ3) is 2.74. The van der Waals surface area contributed by atoms with Crippen molar-refractivity contribution in [2.45, 2.75) is 18.7 Å². The van der Waals surface area contributed by atoms with E-state index in [2.05, 4.69) is 51.8 Å². The highest BCUT2D eigenvalue weighted by Gasteiger charge is 2.16. The summed E-state index contributed by atoms with van der Waals surface area (Å²) in [7, 11) is 1.70. The Hall–Kier alpha value is -0.0200. The van der Waals surface area contributed by atoms with Crippen LogP contribution in [0, 0.1) is 5.92 Å². The van der Waals surface area contributed by atoms with E-state index in [9.17, 15) is 0 Å². The number of rotatable bonds is 3. The first-order valence-corrected chi connectivity index (χ1v) is 6.24. The average molecular weight is 322 g/mol. The van der Waals surface area contributed by atoms with E-state index in [0.717, 1.165) is 10.2 Å². The molecule has 1 unspecified atom stereocenters. The molecule has 1 aromatic carbocycles. The van der Waals surface area contributed by atoms with E-state index in [0.29, 0.717) is 10.7 Å². The Balaban J connectivity index is 3.10. The van der Waals surface area contributed by atoms with Crippen molar-refractivity contribution in [1.29, 1.82) is 0 Å². The van der Waals surface area contributed by atoms with Crippen LogP contribution in [0.15, 0.2) is 22.7 Å². The minimum absolute atomic E-state index is 0.329. The second-order valence-electron chi connectivity index (χ2n) is 3.53. The molecule has 14 heavy (non-hydrogen) atoms. The van der Waals surface area contributed by atoms with Gasteiger partial charge in [-0.05, 0) is 24.1 Å². The fourth-order valence-electron chi connectivity index (χ4n) is 1.28. The summed E-state index contributed by atoms with van der Waals surface area (Å²) in [6, 6.07) is 6.07. The van der Waals surface area contributed by atoms with Gasteiger partial charge in [-0.1, -0.05) is 45.7 Å². The Morgan fingerprint density at radius 3 is 2.43 bits per heavy atom. The van der Waals surface area contributed by atoms with Gasteiger partial charge in [0.15, 0.2) is 0 Å². The Morgan fingerprint density at radius 2 is 1.93 bits per heavy atom. The van der Waals surface area contributed by atoms with Gasteiger partial charge in [0.25, 0.3) is 0 Å². The molecule has 0 amide bonds. The van der Waals surface area contributed by atoms with Crippen LogP contribution >= 0.6 is 31.9 Å². The van der Waals surface area contributed by atoms with E-state index in [1.54, 1.807) is 7.11 Å². The van der Waals surface area contributed by atoms with Crippen molar-refractivity contribution >= 4 is 31.9 Å². The van der Waals surface area contributed by atoms with E-state index < -0.39 is 0 Å². The zero-order valence-corrected chi connectivity index (χ0v) is 11.7. The van der Waals surface area contributed by atoms with E-state index in [-0.39, 0.29) is 0 Å². The molecule has 0 spiro atoms. The summed E-state index contributed by atoms with van der Waals surface area (Å²) >= 11 is 7.14. The van der Waals surface area contributed by atoms with Gasteiger partial charge in [-0.3, -0.25) is 0 Å². The standard InChI is InChI=1S/C11H14Br2O/c1-7(2)11(13)9-6-8(12)4-5-10(9)14-3/h4-7,11H,1-3H3. The smallest absolute Gasteiger partial charge is 0.123 e. The molecule has 0 aromatic heterocycles. The second-order valence-corrected chi connectivity index (χ2v) is 5.43. The van der Waals surface area contributed by atoms with Crippen molar-refractivity contribution in [2.75, 3.05) is 7.11 Å². The molecule has 0 radical (unpaired) electrons. The van der Waals surface area contributed by atoms with Gasteiger partial charge in [0.2, 0.25) is 0 Å². The van der Waals surface area contributed by atoms with Crippen molar-refractivity contribution in [3.8, 4) is 5.75 Å². The molecule has 0 saturated heterocycles. The molecule has 0 aliphatic heterocycles. The van der Waals surface area contributed by atoms with E-state index in [4.69, 9.17) is 4.74 Å². The third-order valence-electron chi connectivity index (χ3n) is 2.07. The van der Waals surface area contributed by atoms with Crippen molar-refractivity contribution in [2.24, 2.45) is 5.92 Å². The highest BCUT2D eigenvalue weighted by Crippen LogP contribution is 2.37. The zero-order valence-electron chi connectivity index (χ0n) is 8.55. The van der Waals surface area contributed by atoms with Crippen molar-refractivity contribution in [3.05, 3.63) is 28.2 Å². The summed E-state index contributed by atoms with van der Waals surface area (Å²) < 4.78 is 6.40. The summed E-state index contributed by atoms with van der Waals surface area (Å²) in [6.07, 6.45) is 0. The number of hydrogen-bond donors (Lipinski definition) is 0. The highest BCUT2D eigenvalue weighted by molar-refractivity contribution is 9.10. The predicted octanol–water partition coefficient (Wildman–Crippen LogP) is 4.55. The van der Waals surface area contributed by atoms with Gasteiger partial charge in [-0.2, -0.15) is 0 Å². The van der Waals surface area contributed by atoms with Gasteiger partial charge in [0.1, 0.15) is 5.75 Å². The first kappa shape index (κ1) is 12.1. The van der Waals surface area contributed by atoms with Crippen LogP contribution in [-0.2, 0) is 0 Å². The first-order chi connectivity index (χ1) is 6.56. The van der Waals surface area contributed by atoms with E-state index in [1.165, 1.54) is 5.56 Å². The maximum absolute atomic E-state index is 5.32. The molecule has 1 aromatic rings. The van der Waals surface area contributed by atoms with Crippen molar-refractivity contribution < 1.29 is 4.74 Å². The lowest BCUT2D eigenvalue weighted by Gasteiger charge is -2.17. The second kappa shape index (κ2) is 5.17. The largest absolute Gasteiger partial charge is 0.496 e. The molecule has 78 valence electrons. The Kier molecular flexibility index (Phi) is 4.45. The molecular formula is C11H14Br2O. The van der Waals surface area contributed by atoms with E-state index >= 15 is 0 Å². The minimum Gasteiger partial charge on any atom is -0.496 e. The van der Waals surface area contributed by atoms with Crippen LogP contribution in [0.4, 0.5) is 0 Å². The molecule has 0 bridgehead atoms. The fourth-order valence-corrected chi connectivity index (χ4v) is 2.02. The molecule has 0 fully saturated rings. The fraction of sp³-hybridized carbons (Fsp3) is 0.455. The van der Waals surface area contributed by atoms with E-state index in [1.807, 2.05) is 12.1 Å². The van der Waals surface area contributed by atoms with Gasteiger partial charge >= 0.3 is 0 Å². The van der Waals surface area contributed by atoms with Gasteiger partial charge in [0.05, 0.1) is 7.11 Å². The lowest BCUT2D eigenvalue weighted by atomic mass is 10.0. The molecule has 0 saturated carbocycles. The molecule has 0 heterocycles. The zero-order chi connectivity index (χ0) is 10.7. The summed E-state index contributed by atoms with van der Waals surface area (Å²) in [5, 5.41) is 0. The summed E-state index contributed by atoms with van der Waals surface area (Å²) in [5.41, 5.74) is 1.19. The number of alkyl halides is 1. The summed E-state index contributed by atoms with van der Waals surface area (Å²) in [4.78, 5) is 0.329. The molecule has 0 aliphatic rings. The van der Waals surface area contributed by atoms with Gasteiger partial charge in [0, 0.05) is 14.9 Å². The molecule has 1 rings (SSSR count). The Labute approximate surface area is 102 Å². The average Bonchev–Trinajstić information content (AvgIpc) is 2.16. The third-order valence-corrected chi connectivity index (χ3v) is 4.12. The molecule has 1 atom stereocenters. The summed E-state index contributed by atoms with van der Waals surface area (Å²) in [6.45, 7) is 4.36. The van der Waals surface area contributed by atoms with Gasteiger partial charge in [-0.15, -0.1) is 0 Å². The Morgan fingerprint density at radius 1 is 1.29 bits per heavy atom. The number of ether oxygens (including phenoxy) is 1. The molecule has 0 N–H and O–H groups in total. The van der Waals surface area contributed by atoms with Gasteiger partial charge in [-0.25, -0.2) is 0 Å². The SMILES string of the molecule is COc1ccc(Br)cc1C(Br)C(C)C. The lowest BCUT2D eigenvalue weighted by molar-refractivity contribution is 0.406. The van der Waals surface area contributed by atoms with Crippen LogP contribution in [-0.4, -0.2) is 7.11 Å². The monoisotopic (exact) mass is 320 g/mol. The predicted molar refractivity (Wildman–Crippen MR) is 67.2 cm³/mol. The van der Waals surface area contributed by atoms with Crippen LogP contribution in [0.3, 0.4) is 0 Å². The van der Waals surface area contributed by atoms with Crippen LogP contribution in [0.25, 0.3) is 0 Å². The Bertz CT molecular complexity index is 310. The first-order valence-electron chi connectivity index (χ1n) is 4.53. The van der Waals surface area contributed by atoms with Crippen molar-refractivity contribution in [1.82, 2.24) is 0 Å². The van der Waals surface area contributed by atoms with Crippen molar-refractivity contribution in [3.63, 3.8) is 0 Å². The van der Waals surface area contributed by atoms with Crippen LogP contribution < -0.4 is 4.74 Å².